The first kappa shape index (κ1) is 57.4. The van der Waals surface area contributed by atoms with E-state index in [1.165, 1.54) is 180 Å². The second-order valence-corrected chi connectivity index (χ2v) is 18.9. The van der Waals surface area contributed by atoms with Crippen molar-refractivity contribution in [2.24, 2.45) is 11.8 Å². The van der Waals surface area contributed by atoms with Crippen LogP contribution in [0.4, 0.5) is 0 Å². The highest BCUT2D eigenvalue weighted by Gasteiger charge is 2.19. The molecule has 0 aliphatic rings. The molecule has 350 valence electrons. The van der Waals surface area contributed by atoms with Gasteiger partial charge in [0.15, 0.2) is 6.10 Å². The zero-order valence-corrected chi connectivity index (χ0v) is 40.4. The average molecular weight is 835 g/mol. The molecule has 2 atom stereocenters. The van der Waals surface area contributed by atoms with Crippen molar-refractivity contribution in [3.05, 3.63) is 0 Å². The fourth-order valence-electron chi connectivity index (χ4n) is 7.96. The molecule has 0 radical (unpaired) electrons. The highest BCUT2D eigenvalue weighted by atomic mass is 16.6. The Morgan fingerprint density at radius 3 is 0.966 bits per heavy atom. The Morgan fingerprint density at radius 1 is 0.356 bits per heavy atom. The van der Waals surface area contributed by atoms with E-state index in [-0.39, 0.29) is 31.1 Å². The van der Waals surface area contributed by atoms with Crippen LogP contribution in [0.25, 0.3) is 0 Å². The predicted molar refractivity (Wildman–Crippen MR) is 252 cm³/mol. The summed E-state index contributed by atoms with van der Waals surface area (Å²) in [7, 11) is 0. The first-order valence-electron chi connectivity index (χ1n) is 26.3. The molecule has 0 saturated heterocycles. The van der Waals surface area contributed by atoms with Gasteiger partial charge < -0.3 is 14.2 Å². The molecule has 0 aliphatic heterocycles. The molecular formula is C53H102O6. The van der Waals surface area contributed by atoms with E-state index in [2.05, 4.69) is 34.6 Å². The molecule has 0 fully saturated rings. The van der Waals surface area contributed by atoms with E-state index < -0.39 is 6.10 Å². The third kappa shape index (κ3) is 45.8. The summed E-state index contributed by atoms with van der Waals surface area (Å²) >= 11 is 0. The van der Waals surface area contributed by atoms with Crippen molar-refractivity contribution >= 4 is 17.9 Å². The maximum atomic E-state index is 12.8. The molecule has 59 heavy (non-hydrogen) atoms. The lowest BCUT2D eigenvalue weighted by atomic mass is 10.00. The molecule has 0 aliphatic carbocycles. The number of hydrogen-bond donors (Lipinski definition) is 0. The van der Waals surface area contributed by atoms with Crippen LogP contribution >= 0.6 is 0 Å². The van der Waals surface area contributed by atoms with E-state index in [0.29, 0.717) is 19.3 Å². The number of esters is 3. The predicted octanol–water partition coefficient (Wildman–Crippen LogP) is 16.9. The van der Waals surface area contributed by atoms with Gasteiger partial charge in [-0.1, -0.05) is 253 Å². The van der Waals surface area contributed by atoms with Gasteiger partial charge in [0, 0.05) is 19.3 Å². The normalized spacial score (nSPS) is 12.5. The Balaban J connectivity index is 4.24. The summed E-state index contributed by atoms with van der Waals surface area (Å²) in [5, 5.41) is 0. The van der Waals surface area contributed by atoms with Gasteiger partial charge in [-0.15, -0.1) is 0 Å². The molecule has 0 spiro atoms. The third-order valence-electron chi connectivity index (χ3n) is 12.3. The molecule has 6 heteroatoms. The standard InChI is InChI=1S/C53H102O6/c1-6-8-9-10-11-12-13-21-25-28-35-40-45-53(56)59-50(47-58-52(55)44-39-34-30-29-32-37-42-49(5)7-2)46-57-51(54)43-38-33-27-24-22-19-17-15-14-16-18-20-23-26-31-36-41-48(3)4/h48-50H,6-47H2,1-5H3/t49?,50-/m1/s1. The monoisotopic (exact) mass is 835 g/mol. The summed E-state index contributed by atoms with van der Waals surface area (Å²) in [6, 6.07) is 0. The van der Waals surface area contributed by atoms with Gasteiger partial charge in [0.2, 0.25) is 0 Å². The Bertz CT molecular complexity index is 902. The zero-order valence-electron chi connectivity index (χ0n) is 40.4. The molecule has 0 bridgehead atoms. The van der Waals surface area contributed by atoms with Gasteiger partial charge in [-0.05, 0) is 31.1 Å². The summed E-state index contributed by atoms with van der Waals surface area (Å²) in [4.78, 5) is 37.9. The summed E-state index contributed by atoms with van der Waals surface area (Å²) in [5.41, 5.74) is 0. The fraction of sp³-hybridized carbons (Fsp3) is 0.943. The maximum Gasteiger partial charge on any atom is 0.306 e. The molecule has 0 N–H and O–H groups in total. The number of hydrogen-bond acceptors (Lipinski definition) is 6. The molecule has 0 aromatic rings. The van der Waals surface area contributed by atoms with E-state index in [1.807, 2.05) is 0 Å². The van der Waals surface area contributed by atoms with Crippen molar-refractivity contribution < 1.29 is 28.6 Å². The Morgan fingerprint density at radius 2 is 0.644 bits per heavy atom. The third-order valence-corrected chi connectivity index (χ3v) is 12.3. The Hall–Kier alpha value is -1.59. The zero-order chi connectivity index (χ0) is 43.3. The van der Waals surface area contributed by atoms with Crippen LogP contribution < -0.4 is 0 Å². The van der Waals surface area contributed by atoms with Gasteiger partial charge in [0.05, 0.1) is 0 Å². The highest BCUT2D eigenvalue weighted by molar-refractivity contribution is 5.71. The SMILES string of the molecule is CCCCCCCCCCCCCCC(=O)O[C@H](COC(=O)CCCCCCCCCCCCCCCCCCC(C)C)COC(=O)CCCCCCCCC(C)CC. The lowest BCUT2D eigenvalue weighted by molar-refractivity contribution is -0.167. The lowest BCUT2D eigenvalue weighted by Crippen LogP contribution is -2.30. The van der Waals surface area contributed by atoms with Crippen molar-refractivity contribution in [3.8, 4) is 0 Å². The molecule has 1 unspecified atom stereocenters. The summed E-state index contributed by atoms with van der Waals surface area (Å²) in [6.07, 6.45) is 46.6. The number of carbonyl (C=O) groups is 3. The number of rotatable bonds is 47. The highest BCUT2D eigenvalue weighted by Crippen LogP contribution is 2.18. The van der Waals surface area contributed by atoms with Crippen LogP contribution in [0.2, 0.25) is 0 Å². The van der Waals surface area contributed by atoms with E-state index in [1.54, 1.807) is 0 Å². The molecular weight excluding hydrogens is 733 g/mol. The van der Waals surface area contributed by atoms with Gasteiger partial charge in [-0.2, -0.15) is 0 Å². The Labute approximate surface area is 368 Å². The Kier molecular flexibility index (Phi) is 44.7. The second kappa shape index (κ2) is 45.9. The second-order valence-electron chi connectivity index (χ2n) is 18.9. The molecule has 0 aromatic heterocycles. The van der Waals surface area contributed by atoms with Gasteiger partial charge in [0.1, 0.15) is 13.2 Å². The van der Waals surface area contributed by atoms with Crippen LogP contribution in [-0.2, 0) is 28.6 Å². The van der Waals surface area contributed by atoms with Crippen molar-refractivity contribution in [2.45, 2.75) is 298 Å². The van der Waals surface area contributed by atoms with Crippen molar-refractivity contribution in [3.63, 3.8) is 0 Å². The van der Waals surface area contributed by atoms with Gasteiger partial charge in [-0.25, -0.2) is 0 Å². The average Bonchev–Trinajstić information content (AvgIpc) is 3.22. The van der Waals surface area contributed by atoms with Crippen molar-refractivity contribution in [1.29, 1.82) is 0 Å². The smallest absolute Gasteiger partial charge is 0.306 e. The minimum absolute atomic E-state index is 0.0641. The van der Waals surface area contributed by atoms with Gasteiger partial charge in [0.25, 0.3) is 0 Å². The fourth-order valence-corrected chi connectivity index (χ4v) is 7.96. The van der Waals surface area contributed by atoms with E-state index >= 15 is 0 Å². The van der Waals surface area contributed by atoms with Gasteiger partial charge in [-0.3, -0.25) is 14.4 Å². The maximum absolute atomic E-state index is 12.8. The van der Waals surface area contributed by atoms with Crippen molar-refractivity contribution in [1.82, 2.24) is 0 Å². The van der Waals surface area contributed by atoms with Gasteiger partial charge >= 0.3 is 17.9 Å². The molecule has 0 saturated carbocycles. The van der Waals surface area contributed by atoms with Crippen LogP contribution in [-0.4, -0.2) is 37.2 Å². The van der Waals surface area contributed by atoms with E-state index in [0.717, 1.165) is 69.6 Å². The summed E-state index contributed by atoms with van der Waals surface area (Å²) in [6.45, 7) is 11.4. The summed E-state index contributed by atoms with van der Waals surface area (Å²) < 4.78 is 16.8. The van der Waals surface area contributed by atoms with Crippen LogP contribution in [0, 0.1) is 11.8 Å². The summed E-state index contributed by atoms with van der Waals surface area (Å²) in [5.74, 6) is 0.817. The van der Waals surface area contributed by atoms with E-state index in [9.17, 15) is 14.4 Å². The minimum Gasteiger partial charge on any atom is -0.462 e. The molecule has 0 rings (SSSR count). The number of unbranched alkanes of at least 4 members (excludes halogenated alkanes) is 31. The van der Waals surface area contributed by atoms with Crippen molar-refractivity contribution in [2.75, 3.05) is 13.2 Å². The molecule has 0 heterocycles. The molecule has 0 amide bonds. The molecule has 6 nitrogen and oxygen atoms in total. The quantitative estimate of drug-likeness (QED) is 0.0345. The van der Waals surface area contributed by atoms with E-state index in [4.69, 9.17) is 14.2 Å². The van der Waals surface area contributed by atoms with Crippen LogP contribution in [0.5, 0.6) is 0 Å². The largest absolute Gasteiger partial charge is 0.462 e. The van der Waals surface area contributed by atoms with Crippen LogP contribution in [0.3, 0.4) is 0 Å². The van der Waals surface area contributed by atoms with Crippen LogP contribution in [0.1, 0.15) is 291 Å². The number of carbonyl (C=O) groups excluding carboxylic acids is 3. The first-order valence-corrected chi connectivity index (χ1v) is 26.3. The number of ether oxygens (including phenoxy) is 3. The minimum atomic E-state index is -0.761. The first-order chi connectivity index (χ1) is 28.8. The topological polar surface area (TPSA) is 78.9 Å². The lowest BCUT2D eigenvalue weighted by Gasteiger charge is -2.18. The van der Waals surface area contributed by atoms with Crippen LogP contribution in [0.15, 0.2) is 0 Å². The molecule has 0 aromatic carbocycles.